The lowest BCUT2D eigenvalue weighted by Crippen LogP contribution is -2.27. The zero-order chi connectivity index (χ0) is 11.4. The molecule has 1 aliphatic carbocycles. The second kappa shape index (κ2) is 5.49. The van der Waals surface area contributed by atoms with Gasteiger partial charge in [-0.25, -0.2) is 0 Å². The second-order valence-electron chi connectivity index (χ2n) is 5.20. The molecule has 1 saturated carbocycles. The van der Waals surface area contributed by atoms with Gasteiger partial charge in [-0.1, -0.05) is 42.7 Å². The van der Waals surface area contributed by atoms with Crippen molar-refractivity contribution in [2.24, 2.45) is 5.92 Å². The summed E-state index contributed by atoms with van der Waals surface area (Å²) in [7, 11) is 2.09. The Morgan fingerprint density at radius 2 is 1.94 bits per heavy atom. The molecule has 0 saturated heterocycles. The van der Waals surface area contributed by atoms with E-state index in [1.54, 1.807) is 0 Å². The highest BCUT2D eigenvalue weighted by Crippen LogP contribution is 2.34. The number of benzene rings is 1. The molecule has 1 fully saturated rings. The van der Waals surface area contributed by atoms with Crippen molar-refractivity contribution in [2.45, 2.75) is 45.1 Å². The Balaban J connectivity index is 1.82. The molecule has 0 spiro atoms. The molecule has 1 aromatic carbocycles. The SMILES string of the molecule is CNC(CCC1CC1)Cc1ccc(C)cc1. The van der Waals surface area contributed by atoms with Crippen LogP contribution in [0.4, 0.5) is 0 Å². The third kappa shape index (κ3) is 3.64. The fraction of sp³-hybridized carbons (Fsp3) is 0.600. The molecule has 2 rings (SSSR count). The van der Waals surface area contributed by atoms with Gasteiger partial charge in [0.05, 0.1) is 0 Å². The number of nitrogens with one attached hydrogen (secondary N) is 1. The smallest absolute Gasteiger partial charge is 0.0105 e. The summed E-state index contributed by atoms with van der Waals surface area (Å²) in [4.78, 5) is 0. The minimum atomic E-state index is 0.656. The van der Waals surface area contributed by atoms with E-state index >= 15 is 0 Å². The highest BCUT2D eigenvalue weighted by atomic mass is 14.9. The van der Waals surface area contributed by atoms with Gasteiger partial charge in [0.1, 0.15) is 0 Å². The molecule has 0 aromatic heterocycles. The molecule has 0 aliphatic heterocycles. The van der Waals surface area contributed by atoms with Crippen LogP contribution in [0.3, 0.4) is 0 Å². The number of likely N-dealkylation sites (N-methyl/N-ethyl adjacent to an activating group) is 1. The van der Waals surface area contributed by atoms with Crippen LogP contribution in [-0.4, -0.2) is 13.1 Å². The van der Waals surface area contributed by atoms with E-state index in [9.17, 15) is 0 Å². The van der Waals surface area contributed by atoms with E-state index in [0.29, 0.717) is 6.04 Å². The van der Waals surface area contributed by atoms with Crippen LogP contribution in [0.25, 0.3) is 0 Å². The summed E-state index contributed by atoms with van der Waals surface area (Å²) in [6, 6.07) is 9.60. The van der Waals surface area contributed by atoms with E-state index in [0.717, 1.165) is 5.92 Å². The van der Waals surface area contributed by atoms with Crippen LogP contribution in [0.5, 0.6) is 0 Å². The molecular weight excluding hydrogens is 194 g/mol. The van der Waals surface area contributed by atoms with Gasteiger partial charge in [0.2, 0.25) is 0 Å². The summed E-state index contributed by atoms with van der Waals surface area (Å²) in [5, 5.41) is 3.45. The number of hydrogen-bond donors (Lipinski definition) is 1. The van der Waals surface area contributed by atoms with Gasteiger partial charge in [0, 0.05) is 6.04 Å². The van der Waals surface area contributed by atoms with Crippen molar-refractivity contribution in [3.8, 4) is 0 Å². The fourth-order valence-electron chi connectivity index (χ4n) is 2.20. The van der Waals surface area contributed by atoms with Crippen molar-refractivity contribution >= 4 is 0 Å². The third-order valence-corrected chi connectivity index (χ3v) is 3.63. The zero-order valence-corrected chi connectivity index (χ0v) is 10.5. The van der Waals surface area contributed by atoms with Crippen molar-refractivity contribution in [2.75, 3.05) is 7.05 Å². The van der Waals surface area contributed by atoms with Crippen molar-refractivity contribution in [3.05, 3.63) is 35.4 Å². The lowest BCUT2D eigenvalue weighted by atomic mass is 10.00. The molecule has 0 radical (unpaired) electrons. The van der Waals surface area contributed by atoms with Gasteiger partial charge in [-0.2, -0.15) is 0 Å². The molecule has 1 unspecified atom stereocenters. The maximum absolute atomic E-state index is 3.45. The highest BCUT2D eigenvalue weighted by Gasteiger charge is 2.22. The van der Waals surface area contributed by atoms with Crippen LogP contribution in [0.2, 0.25) is 0 Å². The fourth-order valence-corrected chi connectivity index (χ4v) is 2.20. The normalized spacial score (nSPS) is 17.4. The van der Waals surface area contributed by atoms with Crippen LogP contribution in [-0.2, 0) is 6.42 Å². The third-order valence-electron chi connectivity index (χ3n) is 3.63. The Labute approximate surface area is 99.3 Å². The average Bonchev–Trinajstić information content (AvgIpc) is 3.11. The molecule has 16 heavy (non-hydrogen) atoms. The maximum atomic E-state index is 3.45. The summed E-state index contributed by atoms with van der Waals surface area (Å²) in [6.07, 6.45) is 6.86. The molecule has 1 N–H and O–H groups in total. The standard InChI is InChI=1S/C15H23N/c1-12-3-5-14(6-4-12)11-15(16-2)10-9-13-7-8-13/h3-6,13,15-16H,7-11H2,1-2H3. The van der Waals surface area contributed by atoms with E-state index in [4.69, 9.17) is 0 Å². The summed E-state index contributed by atoms with van der Waals surface area (Å²) < 4.78 is 0. The molecule has 0 amide bonds. The Morgan fingerprint density at radius 3 is 2.50 bits per heavy atom. The van der Waals surface area contributed by atoms with Crippen molar-refractivity contribution in [3.63, 3.8) is 0 Å². The predicted octanol–water partition coefficient (Wildman–Crippen LogP) is 3.32. The van der Waals surface area contributed by atoms with Crippen LogP contribution in [0.1, 0.15) is 36.8 Å². The number of rotatable bonds is 6. The van der Waals surface area contributed by atoms with Crippen molar-refractivity contribution < 1.29 is 0 Å². The largest absolute Gasteiger partial charge is 0.317 e. The summed E-state index contributed by atoms with van der Waals surface area (Å²) in [5.74, 6) is 1.05. The Morgan fingerprint density at radius 1 is 1.25 bits per heavy atom. The first kappa shape index (κ1) is 11.7. The lowest BCUT2D eigenvalue weighted by molar-refractivity contribution is 0.485. The van der Waals surface area contributed by atoms with Gasteiger partial charge in [0.15, 0.2) is 0 Å². The predicted molar refractivity (Wildman–Crippen MR) is 69.7 cm³/mol. The van der Waals surface area contributed by atoms with Crippen molar-refractivity contribution in [1.29, 1.82) is 0 Å². The first-order valence-electron chi connectivity index (χ1n) is 6.50. The molecule has 88 valence electrons. The Kier molecular flexibility index (Phi) is 4.00. The molecule has 0 heterocycles. The van der Waals surface area contributed by atoms with E-state index in [1.807, 2.05) is 0 Å². The molecule has 1 atom stereocenters. The van der Waals surface area contributed by atoms with Crippen LogP contribution in [0.15, 0.2) is 24.3 Å². The minimum Gasteiger partial charge on any atom is -0.317 e. The molecule has 1 heteroatoms. The van der Waals surface area contributed by atoms with Crippen LogP contribution in [0, 0.1) is 12.8 Å². The molecular formula is C15H23N. The van der Waals surface area contributed by atoms with Gasteiger partial charge in [-0.3, -0.25) is 0 Å². The zero-order valence-electron chi connectivity index (χ0n) is 10.5. The summed E-state index contributed by atoms with van der Waals surface area (Å²) in [6.45, 7) is 2.15. The van der Waals surface area contributed by atoms with Gasteiger partial charge in [-0.15, -0.1) is 0 Å². The van der Waals surface area contributed by atoms with Gasteiger partial charge < -0.3 is 5.32 Å². The van der Waals surface area contributed by atoms with Gasteiger partial charge >= 0.3 is 0 Å². The van der Waals surface area contributed by atoms with Crippen LogP contribution >= 0.6 is 0 Å². The topological polar surface area (TPSA) is 12.0 Å². The quantitative estimate of drug-likeness (QED) is 0.771. The Bertz CT molecular complexity index is 311. The summed E-state index contributed by atoms with van der Waals surface area (Å²) >= 11 is 0. The monoisotopic (exact) mass is 217 g/mol. The number of hydrogen-bond acceptors (Lipinski definition) is 1. The van der Waals surface area contributed by atoms with E-state index in [1.165, 1.54) is 43.2 Å². The molecule has 1 aliphatic rings. The first-order valence-corrected chi connectivity index (χ1v) is 6.50. The maximum Gasteiger partial charge on any atom is 0.0105 e. The lowest BCUT2D eigenvalue weighted by Gasteiger charge is -2.16. The molecule has 1 nitrogen and oxygen atoms in total. The van der Waals surface area contributed by atoms with Gasteiger partial charge in [0.25, 0.3) is 0 Å². The van der Waals surface area contributed by atoms with E-state index < -0.39 is 0 Å². The Hall–Kier alpha value is -0.820. The van der Waals surface area contributed by atoms with Gasteiger partial charge in [-0.05, 0) is 44.7 Å². The summed E-state index contributed by atoms with van der Waals surface area (Å²) in [5.41, 5.74) is 2.81. The molecule has 1 aromatic rings. The average molecular weight is 217 g/mol. The number of aryl methyl sites for hydroxylation is 1. The molecule has 0 bridgehead atoms. The minimum absolute atomic E-state index is 0.656. The van der Waals surface area contributed by atoms with E-state index in [-0.39, 0.29) is 0 Å². The van der Waals surface area contributed by atoms with Crippen LogP contribution < -0.4 is 5.32 Å². The van der Waals surface area contributed by atoms with E-state index in [2.05, 4.69) is 43.6 Å². The highest BCUT2D eigenvalue weighted by molar-refractivity contribution is 5.22. The second-order valence-corrected chi connectivity index (χ2v) is 5.20. The van der Waals surface area contributed by atoms with Crippen molar-refractivity contribution in [1.82, 2.24) is 5.32 Å². The first-order chi connectivity index (χ1) is 7.78.